The Bertz CT molecular complexity index is 2290. The molecular formula is C41H38Br2Cl2N6O6. The fourth-order valence-electron chi connectivity index (χ4n) is 8.53. The van der Waals surface area contributed by atoms with Crippen molar-refractivity contribution in [1.82, 2.24) is 20.2 Å². The third kappa shape index (κ3) is 8.80. The van der Waals surface area contributed by atoms with Crippen molar-refractivity contribution in [3.63, 3.8) is 0 Å². The summed E-state index contributed by atoms with van der Waals surface area (Å²) >= 11 is 19.3. The molecule has 1 N–H and O–H groups in total. The molecular weight excluding hydrogens is 903 g/mol. The molecule has 1 amide bonds. The highest BCUT2D eigenvalue weighted by atomic mass is 79.9. The molecule has 0 spiro atoms. The molecule has 8 rings (SSSR count). The van der Waals surface area contributed by atoms with Gasteiger partial charge in [0.2, 0.25) is 0 Å². The first-order chi connectivity index (χ1) is 27.4. The summed E-state index contributed by atoms with van der Waals surface area (Å²) in [5.74, 6) is 0.412. The van der Waals surface area contributed by atoms with Crippen molar-refractivity contribution in [3.05, 3.63) is 145 Å². The van der Waals surface area contributed by atoms with Crippen molar-refractivity contribution in [2.24, 2.45) is 11.8 Å². The molecule has 0 radical (unpaired) electrons. The van der Waals surface area contributed by atoms with E-state index in [2.05, 4.69) is 47.1 Å². The summed E-state index contributed by atoms with van der Waals surface area (Å²) in [6.45, 7) is 5.18. The van der Waals surface area contributed by atoms with Crippen molar-refractivity contribution in [2.75, 3.05) is 32.8 Å². The average Bonchev–Trinajstić information content (AvgIpc) is 3.42. The maximum absolute atomic E-state index is 12.1. The Morgan fingerprint density at radius 3 is 1.68 bits per heavy atom. The Morgan fingerprint density at radius 1 is 0.789 bits per heavy atom. The number of aromatic nitrogens is 2. The van der Waals surface area contributed by atoms with Crippen LogP contribution in [0, 0.1) is 32.1 Å². The summed E-state index contributed by atoms with van der Waals surface area (Å²) in [6.07, 6.45) is 9.92. The molecule has 2 aliphatic carbocycles. The first-order valence-electron chi connectivity index (χ1n) is 18.7. The van der Waals surface area contributed by atoms with Crippen LogP contribution in [-0.4, -0.2) is 63.6 Å². The summed E-state index contributed by atoms with van der Waals surface area (Å²) in [4.78, 5) is 46.3. The van der Waals surface area contributed by atoms with Gasteiger partial charge in [-0.15, -0.1) is 0 Å². The monoisotopic (exact) mass is 938 g/mol. The van der Waals surface area contributed by atoms with Crippen LogP contribution in [0.5, 0.6) is 0 Å². The number of fused-ring (bicyclic) bond motifs is 4. The van der Waals surface area contributed by atoms with Crippen LogP contribution in [0.3, 0.4) is 0 Å². The van der Waals surface area contributed by atoms with E-state index in [1.54, 1.807) is 54.6 Å². The third-order valence-corrected chi connectivity index (χ3v) is 12.4. The lowest BCUT2D eigenvalue weighted by molar-refractivity contribution is -0.374. The molecule has 2 unspecified atom stereocenters. The maximum Gasteiger partial charge on any atom is 0.409 e. The molecule has 2 aromatic heterocycles. The molecule has 2 aliphatic heterocycles. The Kier molecular flexibility index (Phi) is 12.7. The van der Waals surface area contributed by atoms with Crippen LogP contribution in [0.1, 0.15) is 89.2 Å². The zero-order valence-corrected chi connectivity index (χ0v) is 35.5. The van der Waals surface area contributed by atoms with Gasteiger partial charge in [0.05, 0.1) is 39.0 Å². The molecule has 2 atom stereocenters. The number of carbonyl (C=O) groups is 1. The van der Waals surface area contributed by atoms with Crippen molar-refractivity contribution >= 4 is 84.7 Å². The number of benzene rings is 2. The Labute approximate surface area is 356 Å². The van der Waals surface area contributed by atoms with Crippen molar-refractivity contribution < 1.29 is 19.4 Å². The fourth-order valence-corrected chi connectivity index (χ4v) is 9.58. The Morgan fingerprint density at radius 2 is 1.25 bits per heavy atom. The van der Waals surface area contributed by atoms with E-state index in [1.807, 2.05) is 30.3 Å². The van der Waals surface area contributed by atoms with E-state index < -0.39 is 0 Å². The number of hydrogen-bond donors (Lipinski definition) is 1. The first-order valence-corrected chi connectivity index (χ1v) is 21.0. The lowest BCUT2D eigenvalue weighted by Gasteiger charge is -2.36. The first kappa shape index (κ1) is 41.0. The largest absolute Gasteiger partial charge is 0.450 e. The lowest BCUT2D eigenvalue weighted by atomic mass is 9.76. The third-order valence-electron chi connectivity index (χ3n) is 11.0. The van der Waals surface area contributed by atoms with Crippen molar-refractivity contribution in [2.45, 2.75) is 44.4 Å². The highest BCUT2D eigenvalue weighted by Crippen LogP contribution is 2.47. The van der Waals surface area contributed by atoms with Crippen LogP contribution in [0.4, 0.5) is 4.79 Å². The number of carbonyl (C=O) groups excluding carboxylic acids is 1. The molecule has 2 aromatic carbocycles. The van der Waals surface area contributed by atoms with Gasteiger partial charge in [-0.3, -0.25) is 30.2 Å². The number of nitro groups is 2. The number of ether oxygens (including phenoxy) is 1. The number of nitrogens with zero attached hydrogens (tertiary/aromatic N) is 5. The second-order valence-electron chi connectivity index (χ2n) is 14.4. The molecule has 4 heterocycles. The standard InChI is InChI=1S/C22H21BrClN3O4.C19H17BrClN3O2/c1-2-31-22(28)26-7-5-13(6-8-26)20-17-4-3-16(24)11-18(17)19(27(29)30)10-14-9-15(23)12-25-21(14)20;20-13-7-12-8-17(24(25)26)16-9-14(21)1-2-15(16)18(19(12)23-10-13)11-3-5-22-6-4-11/h3-4,9-13,20H,2,5-8H2,1H3;1-2,7-11,18,22H,3-6H2. The van der Waals surface area contributed by atoms with Crippen LogP contribution in [-0.2, 0) is 4.74 Å². The van der Waals surface area contributed by atoms with Crippen LogP contribution in [0.25, 0.3) is 23.5 Å². The lowest BCUT2D eigenvalue weighted by Crippen LogP contribution is -2.40. The van der Waals surface area contributed by atoms with E-state index in [0.717, 1.165) is 75.8 Å². The van der Waals surface area contributed by atoms with Gasteiger partial charge in [0.25, 0.3) is 11.4 Å². The summed E-state index contributed by atoms with van der Waals surface area (Å²) in [5, 5.41) is 28.1. The van der Waals surface area contributed by atoms with Crippen LogP contribution in [0.2, 0.25) is 10.0 Å². The van der Waals surface area contributed by atoms with Gasteiger partial charge in [-0.25, -0.2) is 4.79 Å². The zero-order chi connectivity index (χ0) is 40.4. The molecule has 4 aliphatic rings. The number of piperidine rings is 2. The average molecular weight is 942 g/mol. The highest BCUT2D eigenvalue weighted by Gasteiger charge is 2.39. The minimum atomic E-state index is -0.369. The number of likely N-dealkylation sites (tertiary alicyclic amines) is 1. The van der Waals surface area contributed by atoms with E-state index in [-0.39, 0.29) is 45.1 Å². The van der Waals surface area contributed by atoms with Gasteiger partial charge in [0, 0.05) is 79.6 Å². The summed E-state index contributed by atoms with van der Waals surface area (Å²) in [7, 11) is 0. The minimum Gasteiger partial charge on any atom is -0.450 e. The fraction of sp³-hybridized carbons (Fsp3) is 0.341. The topological polar surface area (TPSA) is 154 Å². The van der Waals surface area contributed by atoms with Crippen LogP contribution >= 0.6 is 55.1 Å². The van der Waals surface area contributed by atoms with E-state index in [1.165, 1.54) is 0 Å². The van der Waals surface area contributed by atoms with Crippen molar-refractivity contribution in [3.8, 4) is 0 Å². The van der Waals surface area contributed by atoms with Gasteiger partial charge in [-0.1, -0.05) is 35.3 Å². The molecule has 0 bridgehead atoms. The molecule has 296 valence electrons. The molecule has 57 heavy (non-hydrogen) atoms. The summed E-state index contributed by atoms with van der Waals surface area (Å²) in [5.41, 5.74) is 6.19. The Hall–Kier alpha value is -4.21. The quantitative estimate of drug-likeness (QED) is 0.152. The van der Waals surface area contributed by atoms with E-state index in [0.29, 0.717) is 52.3 Å². The van der Waals surface area contributed by atoms with Gasteiger partial charge in [0.1, 0.15) is 0 Å². The molecule has 2 saturated heterocycles. The van der Waals surface area contributed by atoms with Crippen LogP contribution in [0.15, 0.2) is 69.9 Å². The molecule has 2 fully saturated rings. The predicted molar refractivity (Wildman–Crippen MR) is 227 cm³/mol. The maximum atomic E-state index is 12.1. The van der Waals surface area contributed by atoms with Crippen molar-refractivity contribution in [1.29, 1.82) is 0 Å². The minimum absolute atomic E-state index is 0.00473. The number of amides is 1. The highest BCUT2D eigenvalue weighted by molar-refractivity contribution is 9.10. The number of nitrogens with one attached hydrogen (secondary N) is 1. The number of hydrogen-bond acceptors (Lipinski definition) is 9. The van der Waals surface area contributed by atoms with E-state index in [9.17, 15) is 25.0 Å². The second-order valence-corrected chi connectivity index (χ2v) is 17.1. The van der Waals surface area contributed by atoms with Crippen LogP contribution < -0.4 is 5.32 Å². The second kappa shape index (κ2) is 17.7. The Balaban J connectivity index is 0.000000177. The van der Waals surface area contributed by atoms with Gasteiger partial charge in [0.15, 0.2) is 0 Å². The summed E-state index contributed by atoms with van der Waals surface area (Å²) < 4.78 is 6.70. The summed E-state index contributed by atoms with van der Waals surface area (Å²) in [6, 6.07) is 14.5. The van der Waals surface area contributed by atoms with Gasteiger partial charge >= 0.3 is 6.09 Å². The van der Waals surface area contributed by atoms with Gasteiger partial charge < -0.3 is 15.0 Å². The molecule has 4 aromatic rings. The molecule has 0 saturated carbocycles. The van der Waals surface area contributed by atoms with E-state index in [4.69, 9.17) is 27.9 Å². The van der Waals surface area contributed by atoms with Gasteiger partial charge in [-0.05, 0) is 137 Å². The number of rotatable bonds is 5. The molecule has 16 heteroatoms. The number of halogens is 4. The van der Waals surface area contributed by atoms with Gasteiger partial charge in [-0.2, -0.15) is 0 Å². The number of pyridine rings is 2. The smallest absolute Gasteiger partial charge is 0.409 e. The zero-order valence-electron chi connectivity index (χ0n) is 30.8. The van der Waals surface area contributed by atoms with E-state index >= 15 is 0 Å². The normalized spacial score (nSPS) is 19.1. The predicted octanol–water partition coefficient (Wildman–Crippen LogP) is 10.3. The molecule has 12 nitrogen and oxygen atoms in total. The SMILES string of the molecule is CCOC(=O)N1CCC(C2c3ccc(Cl)cc3C([N+](=O)[O-])=Cc3cc(Br)cnc32)CC1.O=[N+]([O-])C1=Cc2cc(Br)cnc2C(C2CCNCC2)c2ccc(Cl)cc21.